The van der Waals surface area contributed by atoms with E-state index in [1.54, 1.807) is 0 Å². The Morgan fingerprint density at radius 2 is 2.00 bits per heavy atom. The minimum absolute atomic E-state index is 0.261. The Morgan fingerprint density at radius 3 is 2.62 bits per heavy atom. The molecule has 1 atom stereocenters. The zero-order valence-corrected chi connectivity index (χ0v) is 9.11. The minimum atomic E-state index is -0.261. The molecule has 1 heterocycles. The molecule has 1 saturated carbocycles. The summed E-state index contributed by atoms with van der Waals surface area (Å²) in [4.78, 5) is 0. The van der Waals surface area contributed by atoms with Crippen LogP contribution in [0, 0.1) is 5.92 Å². The SMILES string of the molecule is OC1(CC2CCCSC2)CCCC1. The van der Waals surface area contributed by atoms with Crippen LogP contribution in [0.25, 0.3) is 0 Å². The van der Waals surface area contributed by atoms with Gasteiger partial charge in [-0.2, -0.15) is 11.8 Å². The molecular formula is C11H20OS. The molecule has 1 N–H and O–H groups in total. The molecule has 0 aromatic carbocycles. The van der Waals surface area contributed by atoms with Crippen LogP contribution in [0.3, 0.4) is 0 Å². The summed E-state index contributed by atoms with van der Waals surface area (Å²) in [6.07, 6.45) is 8.43. The van der Waals surface area contributed by atoms with Gasteiger partial charge in [0.05, 0.1) is 5.60 Å². The van der Waals surface area contributed by atoms with Gasteiger partial charge in [0.25, 0.3) is 0 Å². The maximum absolute atomic E-state index is 10.2. The van der Waals surface area contributed by atoms with Gasteiger partial charge in [0.15, 0.2) is 0 Å². The maximum atomic E-state index is 10.2. The van der Waals surface area contributed by atoms with E-state index in [-0.39, 0.29) is 5.60 Å². The van der Waals surface area contributed by atoms with Crippen molar-refractivity contribution in [2.45, 2.75) is 50.5 Å². The molecule has 1 nitrogen and oxygen atoms in total. The molecular weight excluding hydrogens is 180 g/mol. The summed E-state index contributed by atoms with van der Waals surface area (Å²) in [5.74, 6) is 3.44. The predicted octanol–water partition coefficient (Wildman–Crippen LogP) is 2.82. The normalized spacial score (nSPS) is 33.5. The summed E-state index contributed by atoms with van der Waals surface area (Å²) in [7, 11) is 0. The number of rotatable bonds is 2. The molecule has 2 rings (SSSR count). The smallest absolute Gasteiger partial charge is 0.0650 e. The van der Waals surface area contributed by atoms with Crippen molar-refractivity contribution in [2.75, 3.05) is 11.5 Å². The summed E-state index contributed by atoms with van der Waals surface area (Å²) in [6.45, 7) is 0. The van der Waals surface area contributed by atoms with E-state index in [0.717, 1.165) is 25.2 Å². The lowest BCUT2D eigenvalue weighted by atomic mass is 9.87. The van der Waals surface area contributed by atoms with Crippen LogP contribution in [-0.4, -0.2) is 22.2 Å². The summed E-state index contributed by atoms with van der Waals surface area (Å²) < 4.78 is 0. The number of hydrogen-bond donors (Lipinski definition) is 1. The fourth-order valence-corrected chi connectivity index (χ4v) is 3.90. The van der Waals surface area contributed by atoms with Gasteiger partial charge in [0.1, 0.15) is 0 Å². The highest BCUT2D eigenvalue weighted by atomic mass is 32.2. The van der Waals surface area contributed by atoms with Crippen molar-refractivity contribution in [3.63, 3.8) is 0 Å². The molecule has 0 aromatic heterocycles. The largest absolute Gasteiger partial charge is 0.390 e. The van der Waals surface area contributed by atoms with Gasteiger partial charge < -0.3 is 5.11 Å². The van der Waals surface area contributed by atoms with Gasteiger partial charge in [-0.15, -0.1) is 0 Å². The van der Waals surface area contributed by atoms with Crippen LogP contribution in [0.1, 0.15) is 44.9 Å². The predicted molar refractivity (Wildman–Crippen MR) is 58.1 cm³/mol. The summed E-state index contributed by atoms with van der Waals surface area (Å²) in [5, 5.41) is 10.2. The van der Waals surface area contributed by atoms with E-state index in [4.69, 9.17) is 0 Å². The first-order valence-electron chi connectivity index (χ1n) is 5.59. The molecule has 0 radical (unpaired) electrons. The van der Waals surface area contributed by atoms with Gasteiger partial charge in [-0.25, -0.2) is 0 Å². The Labute approximate surface area is 85.3 Å². The first kappa shape index (κ1) is 9.85. The van der Waals surface area contributed by atoms with E-state index in [1.165, 1.54) is 37.2 Å². The van der Waals surface area contributed by atoms with Crippen molar-refractivity contribution in [3.05, 3.63) is 0 Å². The lowest BCUT2D eigenvalue weighted by Crippen LogP contribution is -2.29. The second kappa shape index (κ2) is 4.22. The topological polar surface area (TPSA) is 20.2 Å². The van der Waals surface area contributed by atoms with Crippen LogP contribution in [0.4, 0.5) is 0 Å². The first-order chi connectivity index (χ1) is 6.29. The Balaban J connectivity index is 1.81. The van der Waals surface area contributed by atoms with Gasteiger partial charge in [-0.05, 0) is 49.5 Å². The van der Waals surface area contributed by atoms with Crippen molar-refractivity contribution in [1.82, 2.24) is 0 Å². The van der Waals surface area contributed by atoms with Gasteiger partial charge in [0.2, 0.25) is 0 Å². The number of aliphatic hydroxyl groups is 1. The fraction of sp³-hybridized carbons (Fsp3) is 1.00. The summed E-state index contributed by atoms with van der Waals surface area (Å²) in [5.41, 5.74) is -0.261. The van der Waals surface area contributed by atoms with E-state index < -0.39 is 0 Å². The summed E-state index contributed by atoms with van der Waals surface area (Å²) in [6, 6.07) is 0. The first-order valence-corrected chi connectivity index (χ1v) is 6.74. The molecule has 0 amide bonds. The van der Waals surface area contributed by atoms with E-state index in [2.05, 4.69) is 11.8 Å². The van der Waals surface area contributed by atoms with Gasteiger partial charge in [-0.3, -0.25) is 0 Å². The third-order valence-electron chi connectivity index (χ3n) is 3.46. The molecule has 0 spiro atoms. The average molecular weight is 200 g/mol. The van der Waals surface area contributed by atoms with Crippen LogP contribution >= 0.6 is 11.8 Å². The lowest BCUT2D eigenvalue weighted by molar-refractivity contribution is 0.0236. The molecule has 1 aliphatic carbocycles. The molecule has 2 fully saturated rings. The quantitative estimate of drug-likeness (QED) is 0.739. The zero-order chi connectivity index (χ0) is 9.15. The number of hydrogen-bond acceptors (Lipinski definition) is 2. The van der Waals surface area contributed by atoms with Crippen LogP contribution in [-0.2, 0) is 0 Å². The van der Waals surface area contributed by atoms with Gasteiger partial charge >= 0.3 is 0 Å². The second-order valence-corrected chi connectivity index (χ2v) is 5.87. The standard InChI is InChI=1S/C11H20OS/c12-11(5-1-2-6-11)8-10-4-3-7-13-9-10/h10,12H,1-9H2. The van der Waals surface area contributed by atoms with Crippen LogP contribution in [0.15, 0.2) is 0 Å². The molecule has 0 bridgehead atoms. The summed E-state index contributed by atoms with van der Waals surface area (Å²) >= 11 is 2.07. The molecule has 2 aliphatic rings. The van der Waals surface area contributed by atoms with Crippen molar-refractivity contribution in [1.29, 1.82) is 0 Å². The second-order valence-electron chi connectivity index (χ2n) is 4.72. The highest BCUT2D eigenvalue weighted by molar-refractivity contribution is 7.99. The molecule has 1 unspecified atom stereocenters. The van der Waals surface area contributed by atoms with E-state index >= 15 is 0 Å². The van der Waals surface area contributed by atoms with E-state index in [9.17, 15) is 5.11 Å². The zero-order valence-electron chi connectivity index (χ0n) is 8.30. The Kier molecular flexibility index (Phi) is 3.20. The van der Waals surface area contributed by atoms with Crippen molar-refractivity contribution < 1.29 is 5.11 Å². The van der Waals surface area contributed by atoms with Crippen molar-refractivity contribution in [2.24, 2.45) is 5.92 Å². The highest BCUT2D eigenvalue weighted by Gasteiger charge is 2.33. The highest BCUT2D eigenvalue weighted by Crippen LogP contribution is 2.38. The maximum Gasteiger partial charge on any atom is 0.0650 e. The molecule has 13 heavy (non-hydrogen) atoms. The third-order valence-corrected chi connectivity index (χ3v) is 4.74. The van der Waals surface area contributed by atoms with Crippen LogP contribution in [0.2, 0.25) is 0 Å². The Bertz CT molecular complexity index is 157. The van der Waals surface area contributed by atoms with Crippen molar-refractivity contribution >= 4 is 11.8 Å². The Hall–Kier alpha value is 0.310. The van der Waals surface area contributed by atoms with E-state index in [1.807, 2.05) is 0 Å². The average Bonchev–Trinajstić information content (AvgIpc) is 2.54. The van der Waals surface area contributed by atoms with E-state index in [0.29, 0.717) is 0 Å². The third kappa shape index (κ3) is 2.63. The van der Waals surface area contributed by atoms with Crippen molar-refractivity contribution in [3.8, 4) is 0 Å². The lowest BCUT2D eigenvalue weighted by Gasteiger charge is -2.30. The van der Waals surface area contributed by atoms with Gasteiger partial charge in [0, 0.05) is 0 Å². The van der Waals surface area contributed by atoms with Gasteiger partial charge in [-0.1, -0.05) is 12.8 Å². The molecule has 1 aliphatic heterocycles. The minimum Gasteiger partial charge on any atom is -0.390 e. The molecule has 2 heteroatoms. The Morgan fingerprint density at radius 1 is 1.23 bits per heavy atom. The molecule has 1 saturated heterocycles. The monoisotopic (exact) mass is 200 g/mol. The number of thioether (sulfide) groups is 1. The molecule has 0 aromatic rings. The van der Waals surface area contributed by atoms with Crippen LogP contribution < -0.4 is 0 Å². The van der Waals surface area contributed by atoms with Crippen LogP contribution in [0.5, 0.6) is 0 Å². The fourth-order valence-electron chi connectivity index (χ4n) is 2.74. The molecule has 76 valence electrons.